The summed E-state index contributed by atoms with van der Waals surface area (Å²) in [4.78, 5) is 13.9. The molecule has 2 heterocycles. The average Bonchev–Trinajstić information content (AvgIpc) is 2.36. The second-order valence-corrected chi connectivity index (χ2v) is 6.07. The molecule has 0 amide bonds. The van der Waals surface area contributed by atoms with E-state index in [2.05, 4.69) is 57.6 Å². The average molecular weight is 257 g/mol. The fourth-order valence-electron chi connectivity index (χ4n) is 2.08. The Labute approximate surface area is 115 Å². The zero-order valence-corrected chi connectivity index (χ0v) is 12.7. The summed E-state index contributed by atoms with van der Waals surface area (Å²) in [6, 6.07) is 2.20. The second kappa shape index (κ2) is 5.24. The van der Waals surface area contributed by atoms with E-state index in [0.29, 0.717) is 17.8 Å². The third-order valence-electron chi connectivity index (χ3n) is 3.35. The van der Waals surface area contributed by atoms with E-state index in [1.807, 2.05) is 6.20 Å². The number of pyridine rings is 1. The Morgan fingerprint density at radius 2 is 1.53 bits per heavy atom. The first-order chi connectivity index (χ1) is 8.90. The van der Waals surface area contributed by atoms with Gasteiger partial charge in [-0.1, -0.05) is 41.5 Å². The van der Waals surface area contributed by atoms with Crippen molar-refractivity contribution in [1.82, 2.24) is 15.0 Å². The van der Waals surface area contributed by atoms with E-state index in [-0.39, 0.29) is 0 Å². The summed E-state index contributed by atoms with van der Waals surface area (Å²) in [5.74, 6) is 2.07. The monoisotopic (exact) mass is 257 g/mol. The van der Waals surface area contributed by atoms with Gasteiger partial charge in [0.1, 0.15) is 5.82 Å². The van der Waals surface area contributed by atoms with Crippen LogP contribution in [0.5, 0.6) is 0 Å². The van der Waals surface area contributed by atoms with Gasteiger partial charge in [0.25, 0.3) is 0 Å². The van der Waals surface area contributed by atoms with Crippen LogP contribution in [0, 0.1) is 0 Å². The highest BCUT2D eigenvalue weighted by Gasteiger charge is 2.14. The molecule has 0 N–H and O–H groups in total. The maximum absolute atomic E-state index is 4.75. The summed E-state index contributed by atoms with van der Waals surface area (Å²) in [5, 5.41) is 1.10. The van der Waals surface area contributed by atoms with Crippen LogP contribution in [0.25, 0.3) is 11.0 Å². The lowest BCUT2D eigenvalue weighted by molar-refractivity contribution is 0.739. The van der Waals surface area contributed by atoms with Crippen molar-refractivity contribution < 1.29 is 0 Å². The van der Waals surface area contributed by atoms with Gasteiger partial charge in [0.05, 0.1) is 5.69 Å². The van der Waals surface area contributed by atoms with Crippen LogP contribution in [-0.4, -0.2) is 15.0 Å². The normalized spacial score (nSPS) is 12.1. The lowest BCUT2D eigenvalue weighted by Crippen LogP contribution is -2.06. The maximum Gasteiger partial charge on any atom is 0.163 e. The molecule has 0 aliphatic rings. The van der Waals surface area contributed by atoms with Gasteiger partial charge in [0, 0.05) is 17.5 Å². The molecule has 0 fully saturated rings. The molecule has 102 valence electrons. The molecule has 19 heavy (non-hydrogen) atoms. The second-order valence-electron chi connectivity index (χ2n) is 6.07. The van der Waals surface area contributed by atoms with Gasteiger partial charge in [-0.05, 0) is 23.5 Å². The van der Waals surface area contributed by atoms with Crippen LogP contribution in [0.1, 0.15) is 76.4 Å². The van der Waals surface area contributed by atoms with Gasteiger partial charge in [0.2, 0.25) is 0 Å². The molecule has 0 aliphatic heterocycles. The lowest BCUT2D eigenvalue weighted by Gasteiger charge is -2.14. The van der Waals surface area contributed by atoms with Crippen molar-refractivity contribution in [1.29, 1.82) is 0 Å². The summed E-state index contributed by atoms with van der Waals surface area (Å²) in [6.07, 6.45) is 1.94. The van der Waals surface area contributed by atoms with Gasteiger partial charge >= 0.3 is 0 Å². The largest absolute Gasteiger partial charge is 0.237 e. The molecule has 0 unspecified atom stereocenters. The van der Waals surface area contributed by atoms with E-state index < -0.39 is 0 Å². The molecular weight excluding hydrogens is 234 g/mol. The fraction of sp³-hybridized carbons (Fsp3) is 0.562. The first kappa shape index (κ1) is 13.9. The van der Waals surface area contributed by atoms with Gasteiger partial charge < -0.3 is 0 Å². The van der Waals surface area contributed by atoms with E-state index in [1.165, 1.54) is 5.56 Å². The van der Waals surface area contributed by atoms with Crippen LogP contribution < -0.4 is 0 Å². The predicted octanol–water partition coefficient (Wildman–Crippen LogP) is 4.40. The molecule has 3 nitrogen and oxygen atoms in total. The summed E-state index contributed by atoms with van der Waals surface area (Å²) in [5.41, 5.74) is 3.19. The number of fused-ring (bicyclic) bond motifs is 1. The molecule has 3 heteroatoms. The van der Waals surface area contributed by atoms with Gasteiger partial charge in [0.15, 0.2) is 5.65 Å². The molecule has 0 atom stereocenters. The Morgan fingerprint density at radius 1 is 0.842 bits per heavy atom. The van der Waals surface area contributed by atoms with Crippen molar-refractivity contribution in [3.8, 4) is 0 Å². The molecule has 0 aliphatic carbocycles. The lowest BCUT2D eigenvalue weighted by atomic mass is 10.0. The topological polar surface area (TPSA) is 38.7 Å². The number of nitrogens with zero attached hydrogens (tertiary/aromatic N) is 3. The van der Waals surface area contributed by atoms with Crippen molar-refractivity contribution in [3.05, 3.63) is 29.3 Å². The molecular formula is C16H23N3. The summed E-state index contributed by atoms with van der Waals surface area (Å²) < 4.78 is 0. The van der Waals surface area contributed by atoms with Crippen LogP contribution in [-0.2, 0) is 0 Å². The van der Waals surface area contributed by atoms with E-state index in [1.54, 1.807) is 0 Å². The third-order valence-corrected chi connectivity index (χ3v) is 3.35. The first-order valence-electron chi connectivity index (χ1n) is 7.07. The Hall–Kier alpha value is -1.51. The van der Waals surface area contributed by atoms with Crippen molar-refractivity contribution in [2.24, 2.45) is 0 Å². The van der Waals surface area contributed by atoms with Crippen LogP contribution in [0.15, 0.2) is 12.3 Å². The van der Waals surface area contributed by atoms with Crippen LogP contribution >= 0.6 is 0 Å². The summed E-state index contributed by atoms with van der Waals surface area (Å²) in [7, 11) is 0. The highest BCUT2D eigenvalue weighted by atomic mass is 15.0. The molecule has 0 spiro atoms. The molecule has 0 saturated heterocycles. The van der Waals surface area contributed by atoms with Crippen LogP contribution in [0.2, 0.25) is 0 Å². The van der Waals surface area contributed by atoms with Gasteiger partial charge in [-0.15, -0.1) is 0 Å². The van der Waals surface area contributed by atoms with Crippen molar-refractivity contribution in [2.45, 2.75) is 59.3 Å². The van der Waals surface area contributed by atoms with Gasteiger partial charge in [-0.25, -0.2) is 15.0 Å². The minimum atomic E-state index is 0.327. The fourth-order valence-corrected chi connectivity index (χ4v) is 2.08. The Balaban J connectivity index is 2.72. The Morgan fingerprint density at radius 3 is 2.05 bits per heavy atom. The Kier molecular flexibility index (Phi) is 3.83. The summed E-state index contributed by atoms with van der Waals surface area (Å²) >= 11 is 0. The van der Waals surface area contributed by atoms with Crippen LogP contribution in [0.3, 0.4) is 0 Å². The minimum absolute atomic E-state index is 0.327. The van der Waals surface area contributed by atoms with Crippen molar-refractivity contribution >= 4 is 11.0 Å². The van der Waals surface area contributed by atoms with Gasteiger partial charge in [-0.3, -0.25) is 0 Å². The smallest absolute Gasteiger partial charge is 0.163 e. The molecule has 0 saturated carbocycles. The summed E-state index contributed by atoms with van der Waals surface area (Å²) in [6.45, 7) is 13.0. The SMILES string of the molecule is CC(C)c1cnc2nc(C(C)C)nc(C(C)C)c2c1. The molecule has 0 radical (unpaired) electrons. The van der Waals surface area contributed by atoms with E-state index >= 15 is 0 Å². The molecule has 2 rings (SSSR count). The van der Waals surface area contributed by atoms with Gasteiger partial charge in [-0.2, -0.15) is 0 Å². The molecule has 0 aromatic carbocycles. The maximum atomic E-state index is 4.75. The van der Waals surface area contributed by atoms with Crippen molar-refractivity contribution in [2.75, 3.05) is 0 Å². The van der Waals surface area contributed by atoms with E-state index in [9.17, 15) is 0 Å². The standard InChI is InChI=1S/C16H23N3/c1-9(2)12-7-13-14(10(3)4)18-15(11(5)6)19-16(13)17-8-12/h7-11H,1-6H3. The third kappa shape index (κ3) is 2.75. The van der Waals surface area contributed by atoms with Crippen molar-refractivity contribution in [3.63, 3.8) is 0 Å². The quantitative estimate of drug-likeness (QED) is 0.818. The number of aromatic nitrogens is 3. The molecule has 2 aromatic heterocycles. The zero-order valence-electron chi connectivity index (χ0n) is 12.7. The minimum Gasteiger partial charge on any atom is -0.237 e. The predicted molar refractivity (Wildman–Crippen MR) is 79.6 cm³/mol. The van der Waals surface area contributed by atoms with E-state index in [4.69, 9.17) is 4.98 Å². The molecule has 0 bridgehead atoms. The van der Waals surface area contributed by atoms with E-state index in [0.717, 1.165) is 22.6 Å². The number of hydrogen-bond donors (Lipinski definition) is 0. The first-order valence-corrected chi connectivity index (χ1v) is 7.07. The zero-order chi connectivity index (χ0) is 14.2. The number of hydrogen-bond acceptors (Lipinski definition) is 3. The van der Waals surface area contributed by atoms with Crippen LogP contribution in [0.4, 0.5) is 0 Å². The Bertz CT molecular complexity index is 586. The molecule has 2 aromatic rings. The highest BCUT2D eigenvalue weighted by molar-refractivity contribution is 5.78. The highest BCUT2D eigenvalue weighted by Crippen LogP contribution is 2.26. The number of rotatable bonds is 3.